The maximum atomic E-state index is 14.3. The third-order valence-corrected chi connectivity index (χ3v) is 5.49. The molecule has 3 rings (SSSR count). The average Bonchev–Trinajstić information content (AvgIpc) is 2.62. The lowest BCUT2D eigenvalue weighted by molar-refractivity contribution is -0.0468. The highest BCUT2D eigenvalue weighted by Gasteiger charge is 2.48. The zero-order valence-corrected chi connectivity index (χ0v) is 16.0. The van der Waals surface area contributed by atoms with Crippen LogP contribution in [0.1, 0.15) is 34.3 Å². The van der Waals surface area contributed by atoms with Gasteiger partial charge >= 0.3 is 5.97 Å². The Balaban J connectivity index is 1.88. The van der Waals surface area contributed by atoms with Crippen LogP contribution in [0.5, 0.6) is 0 Å². The van der Waals surface area contributed by atoms with Crippen molar-refractivity contribution in [3.05, 3.63) is 68.7 Å². The summed E-state index contributed by atoms with van der Waals surface area (Å²) >= 11 is 9.16. The highest BCUT2D eigenvalue weighted by molar-refractivity contribution is 9.10. The molecule has 0 aliphatic heterocycles. The Kier molecular flexibility index (Phi) is 5.37. The lowest BCUT2D eigenvalue weighted by atomic mass is 9.69. The normalized spacial score (nSPS) is 21.1. The zero-order chi connectivity index (χ0) is 18.9. The molecule has 0 fully saturated rings. The molecule has 0 heterocycles. The van der Waals surface area contributed by atoms with Crippen molar-refractivity contribution in [1.29, 1.82) is 0 Å². The number of benzene rings is 2. The molecule has 0 bridgehead atoms. The van der Waals surface area contributed by atoms with E-state index in [9.17, 15) is 18.7 Å². The number of fused-ring (bicyclic) bond motifs is 1. The largest absolute Gasteiger partial charge is 0.461 e. The quantitative estimate of drug-likeness (QED) is 0.668. The van der Waals surface area contributed by atoms with E-state index in [-0.39, 0.29) is 29.2 Å². The van der Waals surface area contributed by atoms with Crippen molar-refractivity contribution in [2.24, 2.45) is 0 Å². The molecule has 1 aliphatic rings. The van der Waals surface area contributed by atoms with Crippen LogP contribution in [0.25, 0.3) is 0 Å². The van der Waals surface area contributed by atoms with Crippen molar-refractivity contribution in [2.75, 3.05) is 13.2 Å². The second-order valence-corrected chi connectivity index (χ2v) is 7.77. The van der Waals surface area contributed by atoms with Crippen LogP contribution in [-0.2, 0) is 16.1 Å². The van der Waals surface area contributed by atoms with E-state index in [0.717, 1.165) is 4.47 Å². The van der Waals surface area contributed by atoms with Gasteiger partial charge in [-0.25, -0.2) is 13.6 Å². The van der Waals surface area contributed by atoms with E-state index >= 15 is 0 Å². The molecule has 0 saturated heterocycles. The number of aliphatic hydroxyl groups is 1. The van der Waals surface area contributed by atoms with Gasteiger partial charge in [-0.2, -0.15) is 0 Å². The molecular weight excluding hydrogens is 430 g/mol. The summed E-state index contributed by atoms with van der Waals surface area (Å²) in [6, 6.07) is 10.8. The summed E-state index contributed by atoms with van der Waals surface area (Å²) in [4.78, 5) is 12.3. The molecule has 1 N–H and O–H groups in total. The van der Waals surface area contributed by atoms with E-state index in [4.69, 9.17) is 16.3 Å². The van der Waals surface area contributed by atoms with Gasteiger partial charge < -0.3 is 9.84 Å². The number of hydrogen-bond acceptors (Lipinski definition) is 3. The van der Waals surface area contributed by atoms with Gasteiger partial charge in [0.2, 0.25) is 0 Å². The van der Waals surface area contributed by atoms with Crippen LogP contribution in [0.2, 0.25) is 5.02 Å². The van der Waals surface area contributed by atoms with Gasteiger partial charge in [0.05, 0.1) is 17.6 Å². The first-order valence-electron chi connectivity index (χ1n) is 7.99. The Morgan fingerprint density at radius 1 is 1.15 bits per heavy atom. The standard InChI is InChI=1S/C19H16BrClF2O3/c20-13-3-1-12(2-4-13)17(25)26-11-18(10-24)7-8-19(22,23)16-9-14(21)5-6-15(16)18/h1-6,9,24H,7-8,10-11H2. The van der Waals surface area contributed by atoms with Crippen LogP contribution >= 0.6 is 27.5 Å². The van der Waals surface area contributed by atoms with Crippen molar-refractivity contribution in [3.8, 4) is 0 Å². The number of carbonyl (C=O) groups excluding carboxylic acids is 1. The summed E-state index contributed by atoms with van der Waals surface area (Å²) in [6.07, 6.45) is -0.449. The van der Waals surface area contributed by atoms with Crippen LogP contribution in [0.4, 0.5) is 8.78 Å². The molecule has 1 unspecified atom stereocenters. The lowest BCUT2D eigenvalue weighted by Crippen LogP contribution is -2.43. The molecule has 0 saturated carbocycles. The first-order valence-corrected chi connectivity index (χ1v) is 9.16. The zero-order valence-electron chi connectivity index (χ0n) is 13.6. The van der Waals surface area contributed by atoms with Crippen molar-refractivity contribution >= 4 is 33.5 Å². The first kappa shape index (κ1) is 19.3. The van der Waals surface area contributed by atoms with Gasteiger partial charge in [0.1, 0.15) is 6.61 Å². The second kappa shape index (κ2) is 7.25. The van der Waals surface area contributed by atoms with E-state index < -0.39 is 30.3 Å². The maximum absolute atomic E-state index is 14.3. The highest BCUT2D eigenvalue weighted by atomic mass is 79.9. The molecule has 2 aromatic carbocycles. The fourth-order valence-corrected chi connectivity index (χ4v) is 3.62. The second-order valence-electron chi connectivity index (χ2n) is 6.42. The van der Waals surface area contributed by atoms with Crippen molar-refractivity contribution in [3.63, 3.8) is 0 Å². The summed E-state index contributed by atoms with van der Waals surface area (Å²) in [6.45, 7) is -0.603. The number of alkyl halides is 2. The molecule has 3 nitrogen and oxygen atoms in total. The minimum Gasteiger partial charge on any atom is -0.461 e. The fraction of sp³-hybridized carbons (Fsp3) is 0.316. The predicted molar refractivity (Wildman–Crippen MR) is 97.8 cm³/mol. The summed E-state index contributed by atoms with van der Waals surface area (Å²) in [5.74, 6) is -3.60. The Hall–Kier alpha value is -1.50. The highest BCUT2D eigenvalue weighted by Crippen LogP contribution is 2.48. The van der Waals surface area contributed by atoms with E-state index in [1.165, 1.54) is 18.2 Å². The van der Waals surface area contributed by atoms with Gasteiger partial charge in [-0.3, -0.25) is 0 Å². The van der Waals surface area contributed by atoms with E-state index in [1.807, 2.05) is 0 Å². The SMILES string of the molecule is O=C(OCC1(CO)CCC(F)(F)c2cc(Cl)ccc21)c1ccc(Br)cc1. The van der Waals surface area contributed by atoms with Gasteiger partial charge in [0.25, 0.3) is 5.92 Å². The lowest BCUT2D eigenvalue weighted by Gasteiger charge is -2.40. The molecule has 138 valence electrons. The van der Waals surface area contributed by atoms with Crippen LogP contribution in [0.3, 0.4) is 0 Å². The predicted octanol–water partition coefficient (Wildman–Crippen LogP) is 5.08. The minimum absolute atomic E-state index is 0.00124. The van der Waals surface area contributed by atoms with Gasteiger partial charge in [-0.15, -0.1) is 0 Å². The molecule has 0 aromatic heterocycles. The molecule has 7 heteroatoms. The number of aliphatic hydroxyl groups excluding tert-OH is 1. The molecule has 1 aliphatic carbocycles. The molecule has 1 atom stereocenters. The Morgan fingerprint density at radius 3 is 2.50 bits per heavy atom. The third-order valence-electron chi connectivity index (χ3n) is 4.73. The van der Waals surface area contributed by atoms with Gasteiger partial charge in [-0.05, 0) is 48.4 Å². The summed E-state index contributed by atoms with van der Waals surface area (Å²) in [7, 11) is 0. The Labute approximate surface area is 163 Å². The first-order chi connectivity index (χ1) is 12.3. The van der Waals surface area contributed by atoms with E-state index in [2.05, 4.69) is 15.9 Å². The molecule has 0 amide bonds. The van der Waals surface area contributed by atoms with Crippen molar-refractivity contribution < 1.29 is 23.4 Å². The molecule has 0 radical (unpaired) electrons. The van der Waals surface area contributed by atoms with E-state index in [1.54, 1.807) is 24.3 Å². The monoisotopic (exact) mass is 444 g/mol. The molecule has 26 heavy (non-hydrogen) atoms. The maximum Gasteiger partial charge on any atom is 0.338 e. The summed E-state index contributed by atoms with van der Waals surface area (Å²) in [5, 5.41) is 10.2. The summed E-state index contributed by atoms with van der Waals surface area (Å²) in [5.41, 5.74) is -0.680. The Morgan fingerprint density at radius 2 is 1.85 bits per heavy atom. The number of rotatable bonds is 4. The smallest absolute Gasteiger partial charge is 0.338 e. The van der Waals surface area contributed by atoms with Crippen LogP contribution in [0.15, 0.2) is 46.9 Å². The van der Waals surface area contributed by atoms with Gasteiger partial charge in [0.15, 0.2) is 0 Å². The van der Waals surface area contributed by atoms with Crippen LogP contribution in [0, 0.1) is 0 Å². The number of halogens is 4. The molecule has 0 spiro atoms. The molecule has 2 aromatic rings. The Bertz CT molecular complexity index is 826. The summed E-state index contributed by atoms with van der Waals surface area (Å²) < 4.78 is 34.8. The van der Waals surface area contributed by atoms with Gasteiger partial charge in [0, 0.05) is 21.5 Å². The fourth-order valence-electron chi connectivity index (χ4n) is 3.18. The van der Waals surface area contributed by atoms with Gasteiger partial charge in [-0.1, -0.05) is 33.6 Å². The topological polar surface area (TPSA) is 46.5 Å². The third kappa shape index (κ3) is 3.63. The minimum atomic E-state index is -3.03. The average molecular weight is 446 g/mol. The number of ether oxygens (including phenoxy) is 1. The number of esters is 1. The van der Waals surface area contributed by atoms with Crippen molar-refractivity contribution in [1.82, 2.24) is 0 Å². The molecular formula is C19H16BrClF2O3. The van der Waals surface area contributed by atoms with E-state index in [0.29, 0.717) is 5.56 Å². The number of hydrogen-bond donors (Lipinski definition) is 1. The van der Waals surface area contributed by atoms with Crippen molar-refractivity contribution in [2.45, 2.75) is 24.2 Å². The van der Waals surface area contributed by atoms with Crippen LogP contribution < -0.4 is 0 Å². The van der Waals surface area contributed by atoms with Crippen LogP contribution in [-0.4, -0.2) is 24.3 Å². The number of carbonyl (C=O) groups is 1.